The largest absolute Gasteiger partial charge is 0.415 e. The minimum Gasteiger partial charge on any atom is -0.382 e. The van der Waals surface area contributed by atoms with Crippen molar-refractivity contribution in [2.24, 2.45) is 5.92 Å². The molecule has 2 N–H and O–H groups in total. The zero-order chi connectivity index (χ0) is 16.9. The first kappa shape index (κ1) is 18.8. The van der Waals surface area contributed by atoms with Gasteiger partial charge in [-0.05, 0) is 13.0 Å². The zero-order valence-electron chi connectivity index (χ0n) is 12.5. The van der Waals surface area contributed by atoms with Crippen molar-refractivity contribution in [3.8, 4) is 0 Å². The van der Waals surface area contributed by atoms with Crippen molar-refractivity contribution in [1.29, 1.82) is 0 Å². The van der Waals surface area contributed by atoms with E-state index < -0.39 is 24.7 Å². The van der Waals surface area contributed by atoms with E-state index in [0.717, 1.165) is 16.3 Å². The van der Waals surface area contributed by atoms with Crippen LogP contribution in [0.3, 0.4) is 0 Å². The number of nitrogens with one attached hydrogen (secondary N) is 1. The Balaban J connectivity index is 2.44. The molecule has 0 saturated carbocycles. The van der Waals surface area contributed by atoms with Crippen LogP contribution in [0.1, 0.15) is 18.9 Å². The molecule has 1 heterocycles. The molecule has 126 valence electrons. The molecule has 0 spiro atoms. The number of aliphatic hydroxyl groups is 1. The summed E-state index contributed by atoms with van der Waals surface area (Å²) >= 11 is 1.23. The second-order valence-corrected chi connectivity index (χ2v) is 6.46. The molecular formula is C12H19F3N4O2S. The predicted molar refractivity (Wildman–Crippen MR) is 76.6 cm³/mol. The minimum atomic E-state index is -4.70. The average Bonchev–Trinajstić information content (AvgIpc) is 2.73. The van der Waals surface area contributed by atoms with Crippen LogP contribution in [0.4, 0.5) is 18.3 Å². The second kappa shape index (κ2) is 7.84. The van der Waals surface area contributed by atoms with E-state index in [1.165, 1.54) is 18.4 Å². The van der Waals surface area contributed by atoms with E-state index in [9.17, 15) is 18.0 Å². The predicted octanol–water partition coefficient (Wildman–Crippen LogP) is 1.53. The van der Waals surface area contributed by atoms with Gasteiger partial charge in [0.2, 0.25) is 11.0 Å². The molecule has 22 heavy (non-hydrogen) atoms. The quantitative estimate of drug-likeness (QED) is 0.787. The molecule has 0 bridgehead atoms. The first-order valence-corrected chi connectivity index (χ1v) is 7.45. The maximum atomic E-state index is 12.2. The van der Waals surface area contributed by atoms with Gasteiger partial charge in [-0.2, -0.15) is 13.2 Å². The van der Waals surface area contributed by atoms with Gasteiger partial charge in [0.05, 0.1) is 6.54 Å². The lowest BCUT2D eigenvalue weighted by Crippen LogP contribution is -2.42. The summed E-state index contributed by atoms with van der Waals surface area (Å²) in [6, 6.07) is 0. The van der Waals surface area contributed by atoms with Crippen LogP contribution in [-0.4, -0.2) is 58.5 Å². The molecule has 1 atom stereocenters. The fourth-order valence-electron chi connectivity index (χ4n) is 1.60. The van der Waals surface area contributed by atoms with Crippen molar-refractivity contribution in [3.63, 3.8) is 0 Å². The highest BCUT2D eigenvalue weighted by molar-refractivity contribution is 7.15. The lowest BCUT2D eigenvalue weighted by atomic mass is 10.1. The third-order valence-corrected chi connectivity index (χ3v) is 3.43. The van der Waals surface area contributed by atoms with Gasteiger partial charge in [0, 0.05) is 13.0 Å². The van der Waals surface area contributed by atoms with Crippen molar-refractivity contribution in [1.82, 2.24) is 15.1 Å². The summed E-state index contributed by atoms with van der Waals surface area (Å²) in [5.41, 5.74) is 0. The highest BCUT2D eigenvalue weighted by Crippen LogP contribution is 2.20. The Morgan fingerprint density at radius 3 is 2.59 bits per heavy atom. The van der Waals surface area contributed by atoms with Crippen LogP contribution in [0.25, 0.3) is 0 Å². The molecule has 0 fully saturated rings. The van der Waals surface area contributed by atoms with Gasteiger partial charge in [-0.25, -0.2) is 0 Å². The fraction of sp³-hybridized carbons (Fsp3) is 0.750. The lowest BCUT2D eigenvalue weighted by Gasteiger charge is -2.21. The van der Waals surface area contributed by atoms with Gasteiger partial charge >= 0.3 is 6.18 Å². The monoisotopic (exact) mass is 340 g/mol. The van der Waals surface area contributed by atoms with Crippen LogP contribution in [0, 0.1) is 5.92 Å². The molecule has 1 rings (SSSR count). The standard InChI is InChI=1S/C12H19F3N4O2S/c1-7(2)4-10-17-18-11(22-10)16-9(21)6-19(3)5-8(20)12(13,14)15/h7-8,20H,4-6H2,1-3H3,(H,16,18,21). The minimum absolute atomic E-state index is 0.285. The number of aliphatic hydroxyl groups excluding tert-OH is 1. The van der Waals surface area contributed by atoms with E-state index >= 15 is 0 Å². The van der Waals surface area contributed by atoms with Gasteiger partial charge in [-0.15, -0.1) is 10.2 Å². The fourth-order valence-corrected chi connectivity index (χ4v) is 2.57. The van der Waals surface area contributed by atoms with Gasteiger partial charge in [-0.3, -0.25) is 15.0 Å². The zero-order valence-corrected chi connectivity index (χ0v) is 13.3. The van der Waals surface area contributed by atoms with Crippen molar-refractivity contribution in [3.05, 3.63) is 5.01 Å². The van der Waals surface area contributed by atoms with Gasteiger partial charge < -0.3 is 5.11 Å². The molecule has 1 unspecified atom stereocenters. The Hall–Kier alpha value is -1.26. The molecule has 1 amide bonds. The molecule has 1 aromatic heterocycles. The maximum absolute atomic E-state index is 12.2. The number of hydrogen-bond donors (Lipinski definition) is 2. The van der Waals surface area contributed by atoms with Crippen LogP contribution in [0.2, 0.25) is 0 Å². The van der Waals surface area contributed by atoms with E-state index in [4.69, 9.17) is 5.11 Å². The van der Waals surface area contributed by atoms with Crippen LogP contribution in [-0.2, 0) is 11.2 Å². The van der Waals surface area contributed by atoms with E-state index in [2.05, 4.69) is 15.5 Å². The number of amides is 1. The topological polar surface area (TPSA) is 78.4 Å². The maximum Gasteiger partial charge on any atom is 0.415 e. The van der Waals surface area contributed by atoms with Gasteiger partial charge in [0.15, 0.2) is 6.10 Å². The summed E-state index contributed by atoms with van der Waals surface area (Å²) < 4.78 is 36.6. The SMILES string of the molecule is CC(C)Cc1nnc(NC(=O)CN(C)CC(O)C(F)(F)F)s1. The molecule has 1 aromatic rings. The number of rotatable bonds is 7. The lowest BCUT2D eigenvalue weighted by molar-refractivity contribution is -0.207. The summed E-state index contributed by atoms with van der Waals surface area (Å²) in [5, 5.41) is 20.2. The summed E-state index contributed by atoms with van der Waals surface area (Å²) in [5.74, 6) is -0.101. The van der Waals surface area contributed by atoms with Crippen LogP contribution in [0.5, 0.6) is 0 Å². The second-order valence-electron chi connectivity index (χ2n) is 5.40. The van der Waals surface area contributed by atoms with E-state index in [0.29, 0.717) is 11.0 Å². The highest BCUT2D eigenvalue weighted by atomic mass is 32.1. The molecule has 0 aliphatic carbocycles. The summed E-state index contributed by atoms with van der Waals surface area (Å²) in [4.78, 5) is 12.8. The van der Waals surface area contributed by atoms with Gasteiger partial charge in [0.25, 0.3) is 0 Å². The van der Waals surface area contributed by atoms with Crippen LogP contribution >= 0.6 is 11.3 Å². The van der Waals surface area contributed by atoms with Crippen molar-refractivity contribution >= 4 is 22.4 Å². The average molecular weight is 340 g/mol. The van der Waals surface area contributed by atoms with E-state index in [-0.39, 0.29) is 6.54 Å². The van der Waals surface area contributed by atoms with Crippen molar-refractivity contribution < 1.29 is 23.1 Å². The Morgan fingerprint density at radius 1 is 1.41 bits per heavy atom. The molecule has 0 aliphatic rings. The number of nitrogens with zero attached hydrogens (tertiary/aromatic N) is 3. The number of alkyl halides is 3. The summed E-state index contributed by atoms with van der Waals surface area (Å²) in [7, 11) is 1.32. The first-order chi connectivity index (χ1) is 10.1. The number of carbonyl (C=O) groups excluding carboxylic acids is 1. The Labute approximate surface area is 130 Å². The summed E-state index contributed by atoms with van der Waals surface area (Å²) in [6.07, 6.45) is -6.44. The Bertz CT molecular complexity index is 493. The van der Waals surface area contributed by atoms with E-state index in [1.807, 2.05) is 13.8 Å². The molecule has 0 aromatic carbocycles. The molecule has 0 radical (unpaired) electrons. The number of halogens is 3. The Morgan fingerprint density at radius 2 is 2.05 bits per heavy atom. The highest BCUT2D eigenvalue weighted by Gasteiger charge is 2.38. The number of hydrogen-bond acceptors (Lipinski definition) is 6. The van der Waals surface area contributed by atoms with Crippen molar-refractivity contribution in [2.75, 3.05) is 25.5 Å². The summed E-state index contributed by atoms with van der Waals surface area (Å²) in [6.45, 7) is 3.10. The van der Waals surface area contributed by atoms with Gasteiger partial charge in [0.1, 0.15) is 5.01 Å². The molecular weight excluding hydrogens is 321 g/mol. The number of likely N-dealkylation sites (N-methyl/N-ethyl adjacent to an activating group) is 1. The number of anilines is 1. The first-order valence-electron chi connectivity index (χ1n) is 6.63. The third-order valence-electron chi connectivity index (χ3n) is 2.57. The Kier molecular flexibility index (Phi) is 6.69. The number of carbonyl (C=O) groups is 1. The molecule has 0 aliphatic heterocycles. The molecule has 0 saturated heterocycles. The van der Waals surface area contributed by atoms with Crippen LogP contribution < -0.4 is 5.32 Å². The van der Waals surface area contributed by atoms with Crippen LogP contribution in [0.15, 0.2) is 0 Å². The van der Waals surface area contributed by atoms with Gasteiger partial charge in [-0.1, -0.05) is 25.2 Å². The van der Waals surface area contributed by atoms with Crippen molar-refractivity contribution in [2.45, 2.75) is 32.5 Å². The normalized spacial score (nSPS) is 13.7. The number of aromatic nitrogens is 2. The molecule has 10 heteroatoms. The van der Waals surface area contributed by atoms with E-state index in [1.54, 1.807) is 0 Å². The smallest absolute Gasteiger partial charge is 0.382 e. The molecule has 6 nitrogen and oxygen atoms in total. The third kappa shape index (κ3) is 6.67.